The van der Waals surface area contributed by atoms with Gasteiger partial charge in [0, 0.05) is 21.7 Å². The molecule has 0 fully saturated rings. The number of hydrogen-bond donors (Lipinski definition) is 2. The van der Waals surface area contributed by atoms with E-state index in [4.69, 9.17) is 0 Å². The summed E-state index contributed by atoms with van der Waals surface area (Å²) in [6, 6.07) is 38.6. The molecule has 0 aliphatic rings. The third-order valence-electron chi connectivity index (χ3n) is 5.80. The Morgan fingerprint density at radius 3 is 2.03 bits per heavy atom. The fourth-order valence-electron chi connectivity index (χ4n) is 3.98. The molecule has 5 rings (SSSR count). The van der Waals surface area contributed by atoms with E-state index in [1.165, 1.54) is 11.8 Å². The molecule has 0 aromatic heterocycles. The van der Waals surface area contributed by atoms with Gasteiger partial charge in [0.1, 0.15) is 5.25 Å². The lowest BCUT2D eigenvalue weighted by Crippen LogP contribution is -2.19. The molecule has 5 nitrogen and oxygen atoms in total. The van der Waals surface area contributed by atoms with Gasteiger partial charge in [0.05, 0.1) is 4.90 Å². The summed E-state index contributed by atoms with van der Waals surface area (Å²) < 4.78 is 27.9. The van der Waals surface area contributed by atoms with Crippen LogP contribution in [0, 0.1) is 0 Å². The number of amides is 1. The zero-order valence-electron chi connectivity index (χ0n) is 19.7. The van der Waals surface area contributed by atoms with Gasteiger partial charge >= 0.3 is 0 Å². The predicted molar refractivity (Wildman–Crippen MR) is 151 cm³/mol. The standard InChI is InChI=1S/C30H24N2O3S2/c33-30(31-28-17-9-13-22-10-7-8-16-27(22)28)29(23-11-3-1-4-12-23)36-25-20-18-24(19-21-25)32-37(34,35)26-14-5-2-6-15-26/h1-21,29,32H,(H,31,33). The molecule has 0 bridgehead atoms. The first-order valence-electron chi connectivity index (χ1n) is 11.7. The Morgan fingerprint density at radius 1 is 0.676 bits per heavy atom. The first kappa shape index (κ1) is 24.6. The first-order valence-corrected chi connectivity index (χ1v) is 14.0. The summed E-state index contributed by atoms with van der Waals surface area (Å²) in [7, 11) is -3.68. The van der Waals surface area contributed by atoms with Crippen LogP contribution in [0.15, 0.2) is 137 Å². The average Bonchev–Trinajstić information content (AvgIpc) is 2.93. The van der Waals surface area contributed by atoms with Crippen molar-refractivity contribution in [2.24, 2.45) is 0 Å². The molecular formula is C30H24N2O3S2. The Hall–Kier alpha value is -4.07. The molecule has 0 aliphatic carbocycles. The molecule has 0 radical (unpaired) electrons. The Kier molecular flexibility index (Phi) is 7.25. The third kappa shape index (κ3) is 5.85. The van der Waals surface area contributed by atoms with E-state index in [9.17, 15) is 13.2 Å². The monoisotopic (exact) mass is 524 g/mol. The van der Waals surface area contributed by atoms with E-state index in [2.05, 4.69) is 10.0 Å². The summed E-state index contributed by atoms with van der Waals surface area (Å²) in [6.07, 6.45) is 0. The van der Waals surface area contributed by atoms with E-state index in [0.29, 0.717) is 5.69 Å². The van der Waals surface area contributed by atoms with Crippen molar-refractivity contribution >= 4 is 49.8 Å². The second-order valence-electron chi connectivity index (χ2n) is 8.37. The van der Waals surface area contributed by atoms with Crippen LogP contribution in [0.3, 0.4) is 0 Å². The van der Waals surface area contributed by atoms with Gasteiger partial charge in [-0.1, -0.05) is 84.9 Å². The topological polar surface area (TPSA) is 75.3 Å². The van der Waals surface area contributed by atoms with E-state index >= 15 is 0 Å². The highest BCUT2D eigenvalue weighted by atomic mass is 32.2. The maximum absolute atomic E-state index is 13.5. The minimum absolute atomic E-state index is 0.138. The number of benzene rings is 5. The summed E-state index contributed by atoms with van der Waals surface area (Å²) in [6.45, 7) is 0. The minimum atomic E-state index is -3.68. The van der Waals surface area contributed by atoms with Crippen LogP contribution >= 0.6 is 11.8 Å². The van der Waals surface area contributed by atoms with Gasteiger partial charge < -0.3 is 5.32 Å². The molecule has 1 unspecified atom stereocenters. The van der Waals surface area contributed by atoms with Crippen LogP contribution in [-0.2, 0) is 14.8 Å². The Balaban J connectivity index is 1.37. The molecule has 184 valence electrons. The van der Waals surface area contributed by atoms with Crippen LogP contribution in [0.25, 0.3) is 10.8 Å². The molecule has 1 amide bonds. The number of nitrogens with one attached hydrogen (secondary N) is 2. The predicted octanol–water partition coefficient (Wildman–Crippen LogP) is 7.11. The number of rotatable bonds is 8. The van der Waals surface area contributed by atoms with Crippen molar-refractivity contribution in [1.82, 2.24) is 0 Å². The lowest BCUT2D eigenvalue weighted by molar-refractivity contribution is -0.115. The van der Waals surface area contributed by atoms with Crippen LogP contribution in [0.2, 0.25) is 0 Å². The van der Waals surface area contributed by atoms with E-state index in [1.807, 2.05) is 84.9 Å². The number of fused-ring (bicyclic) bond motifs is 1. The van der Waals surface area contributed by atoms with Crippen LogP contribution in [-0.4, -0.2) is 14.3 Å². The Labute approximate surface area is 220 Å². The van der Waals surface area contributed by atoms with Gasteiger partial charge in [0.25, 0.3) is 10.0 Å². The molecule has 7 heteroatoms. The molecule has 0 aliphatic heterocycles. The SMILES string of the molecule is O=C(Nc1cccc2ccccc12)C(Sc1ccc(NS(=O)(=O)c2ccccc2)cc1)c1ccccc1. The highest BCUT2D eigenvalue weighted by Gasteiger charge is 2.23. The van der Waals surface area contributed by atoms with E-state index in [-0.39, 0.29) is 10.8 Å². The summed E-state index contributed by atoms with van der Waals surface area (Å²) in [4.78, 5) is 14.6. The Bertz CT molecular complexity index is 1620. The van der Waals surface area contributed by atoms with E-state index < -0.39 is 15.3 Å². The number of thioether (sulfide) groups is 1. The van der Waals surface area contributed by atoms with Crippen LogP contribution < -0.4 is 10.0 Å². The highest BCUT2D eigenvalue weighted by molar-refractivity contribution is 8.00. The fraction of sp³-hybridized carbons (Fsp3) is 0.0333. The highest BCUT2D eigenvalue weighted by Crippen LogP contribution is 2.37. The second kappa shape index (κ2) is 10.9. The molecular weight excluding hydrogens is 500 g/mol. The first-order chi connectivity index (χ1) is 18.0. The van der Waals surface area contributed by atoms with Crippen LogP contribution in [0.1, 0.15) is 10.8 Å². The Morgan fingerprint density at radius 2 is 1.30 bits per heavy atom. The lowest BCUT2D eigenvalue weighted by Gasteiger charge is -2.18. The van der Waals surface area contributed by atoms with Crippen molar-refractivity contribution in [3.8, 4) is 0 Å². The van der Waals surface area contributed by atoms with Crippen molar-refractivity contribution in [3.05, 3.63) is 133 Å². The maximum atomic E-state index is 13.5. The van der Waals surface area contributed by atoms with E-state index in [1.54, 1.807) is 42.5 Å². The molecule has 0 spiro atoms. The zero-order chi connectivity index (χ0) is 25.7. The molecule has 2 N–H and O–H groups in total. The van der Waals surface area contributed by atoms with E-state index in [0.717, 1.165) is 26.9 Å². The van der Waals surface area contributed by atoms with Crippen molar-refractivity contribution in [3.63, 3.8) is 0 Å². The number of carbonyl (C=O) groups is 1. The summed E-state index contributed by atoms with van der Waals surface area (Å²) >= 11 is 1.41. The molecule has 0 saturated carbocycles. The third-order valence-corrected chi connectivity index (χ3v) is 8.47. The summed E-state index contributed by atoms with van der Waals surface area (Å²) in [5, 5.41) is 4.64. The van der Waals surface area contributed by atoms with Gasteiger partial charge in [-0.15, -0.1) is 11.8 Å². The quantitative estimate of drug-likeness (QED) is 0.212. The lowest BCUT2D eigenvalue weighted by atomic mass is 10.1. The second-order valence-corrected chi connectivity index (χ2v) is 11.2. The van der Waals surface area contributed by atoms with Crippen molar-refractivity contribution in [2.45, 2.75) is 15.0 Å². The van der Waals surface area contributed by atoms with Gasteiger partial charge in [-0.25, -0.2) is 8.42 Å². The molecule has 5 aromatic carbocycles. The number of anilines is 2. The minimum Gasteiger partial charge on any atom is -0.324 e. The molecule has 5 aromatic rings. The van der Waals surface area contributed by atoms with Crippen molar-refractivity contribution in [2.75, 3.05) is 10.0 Å². The van der Waals surface area contributed by atoms with Gasteiger partial charge in [-0.3, -0.25) is 9.52 Å². The normalized spacial score (nSPS) is 12.1. The maximum Gasteiger partial charge on any atom is 0.261 e. The molecule has 0 heterocycles. The number of carbonyl (C=O) groups excluding carboxylic acids is 1. The number of sulfonamides is 1. The fourth-order valence-corrected chi connectivity index (χ4v) is 6.09. The van der Waals surface area contributed by atoms with Crippen molar-refractivity contribution in [1.29, 1.82) is 0 Å². The number of hydrogen-bond acceptors (Lipinski definition) is 4. The zero-order valence-corrected chi connectivity index (χ0v) is 21.4. The molecule has 1 atom stereocenters. The summed E-state index contributed by atoms with van der Waals surface area (Å²) in [5.74, 6) is -0.138. The van der Waals surface area contributed by atoms with Crippen LogP contribution in [0.4, 0.5) is 11.4 Å². The average molecular weight is 525 g/mol. The molecule has 0 saturated heterocycles. The van der Waals surface area contributed by atoms with Gasteiger partial charge in [0.2, 0.25) is 5.91 Å². The van der Waals surface area contributed by atoms with Crippen molar-refractivity contribution < 1.29 is 13.2 Å². The van der Waals surface area contributed by atoms with Gasteiger partial charge in [0.15, 0.2) is 0 Å². The van der Waals surface area contributed by atoms with Gasteiger partial charge in [-0.2, -0.15) is 0 Å². The smallest absolute Gasteiger partial charge is 0.261 e. The largest absolute Gasteiger partial charge is 0.324 e. The van der Waals surface area contributed by atoms with Gasteiger partial charge in [-0.05, 0) is 53.4 Å². The van der Waals surface area contributed by atoms with Crippen LogP contribution in [0.5, 0.6) is 0 Å². The molecule has 37 heavy (non-hydrogen) atoms. The summed E-state index contributed by atoms with van der Waals surface area (Å²) in [5.41, 5.74) is 2.08.